The molecule has 1 aliphatic rings. The van der Waals surface area contributed by atoms with E-state index in [1.165, 1.54) is 12.8 Å². The van der Waals surface area contributed by atoms with Gasteiger partial charge in [-0.3, -0.25) is 0 Å². The van der Waals surface area contributed by atoms with Crippen LogP contribution >= 0.6 is 0 Å². The number of aromatic nitrogens is 2. The van der Waals surface area contributed by atoms with Crippen LogP contribution in [0.5, 0.6) is 0 Å². The lowest BCUT2D eigenvalue weighted by Crippen LogP contribution is -2.13. The first kappa shape index (κ1) is 10.6. The van der Waals surface area contributed by atoms with Crippen LogP contribution in [0.4, 0.5) is 0 Å². The fourth-order valence-corrected chi connectivity index (χ4v) is 1.69. The zero-order chi connectivity index (χ0) is 10.8. The van der Waals surface area contributed by atoms with E-state index in [1.54, 1.807) is 0 Å². The number of aliphatic hydroxyl groups is 1. The highest BCUT2D eigenvalue weighted by atomic mass is 16.5. The zero-order valence-corrected chi connectivity index (χ0v) is 9.31. The summed E-state index contributed by atoms with van der Waals surface area (Å²) >= 11 is 0. The Bertz CT molecular complexity index is 318. The van der Waals surface area contributed by atoms with E-state index in [-0.39, 0.29) is 6.10 Å². The highest BCUT2D eigenvalue weighted by Crippen LogP contribution is 2.38. The summed E-state index contributed by atoms with van der Waals surface area (Å²) in [5, 5.41) is 13.6. The van der Waals surface area contributed by atoms with E-state index in [4.69, 9.17) is 4.52 Å². The number of nitrogens with zero attached hydrogens (tertiary/aromatic N) is 2. The average molecular weight is 210 g/mol. The molecule has 1 aromatic heterocycles. The van der Waals surface area contributed by atoms with Crippen molar-refractivity contribution in [2.24, 2.45) is 5.92 Å². The Morgan fingerprint density at radius 1 is 1.47 bits per heavy atom. The van der Waals surface area contributed by atoms with Crippen molar-refractivity contribution in [3.05, 3.63) is 11.7 Å². The molecule has 1 atom stereocenters. The minimum atomic E-state index is -0.363. The van der Waals surface area contributed by atoms with Gasteiger partial charge in [-0.1, -0.05) is 19.0 Å². The normalized spacial score (nSPS) is 18.4. The Kier molecular flexibility index (Phi) is 3.05. The zero-order valence-electron chi connectivity index (χ0n) is 9.31. The van der Waals surface area contributed by atoms with Gasteiger partial charge in [0, 0.05) is 5.92 Å². The molecule has 84 valence electrons. The van der Waals surface area contributed by atoms with Crippen LogP contribution in [-0.2, 0) is 6.42 Å². The smallest absolute Gasteiger partial charge is 0.229 e. The molecule has 15 heavy (non-hydrogen) atoms. The summed E-state index contributed by atoms with van der Waals surface area (Å²) in [6.07, 6.45) is 3.25. The van der Waals surface area contributed by atoms with Gasteiger partial charge in [-0.15, -0.1) is 0 Å². The maximum absolute atomic E-state index is 9.71. The van der Waals surface area contributed by atoms with Gasteiger partial charge in [0.1, 0.15) is 0 Å². The van der Waals surface area contributed by atoms with Crippen molar-refractivity contribution in [1.82, 2.24) is 10.1 Å². The molecule has 1 fully saturated rings. The third kappa shape index (κ3) is 3.02. The quantitative estimate of drug-likeness (QED) is 0.806. The number of hydrogen-bond donors (Lipinski definition) is 1. The van der Waals surface area contributed by atoms with Crippen molar-refractivity contribution >= 4 is 0 Å². The third-order valence-corrected chi connectivity index (χ3v) is 2.58. The first-order valence-corrected chi connectivity index (χ1v) is 5.65. The summed E-state index contributed by atoms with van der Waals surface area (Å²) in [5.74, 6) is 2.40. The van der Waals surface area contributed by atoms with Gasteiger partial charge in [0.15, 0.2) is 5.82 Å². The second kappa shape index (κ2) is 4.31. The van der Waals surface area contributed by atoms with Crippen LogP contribution in [0, 0.1) is 5.92 Å². The minimum Gasteiger partial charge on any atom is -0.393 e. The molecule has 1 unspecified atom stereocenters. The van der Waals surface area contributed by atoms with Gasteiger partial charge in [0.05, 0.1) is 12.5 Å². The number of hydrogen-bond acceptors (Lipinski definition) is 4. The predicted octanol–water partition coefficient (Wildman–Crippen LogP) is 1.90. The molecule has 1 N–H and O–H groups in total. The Morgan fingerprint density at radius 2 is 2.20 bits per heavy atom. The van der Waals surface area contributed by atoms with Crippen LogP contribution in [0.2, 0.25) is 0 Å². The standard InChI is InChI=1S/C11H18N2O2/c1-7(2)5-9(14)6-10-12-11(13-15-10)8-3-4-8/h7-9,14H,3-6H2,1-2H3. The number of aliphatic hydroxyl groups excluding tert-OH is 1. The molecule has 0 aliphatic heterocycles. The summed E-state index contributed by atoms with van der Waals surface area (Å²) in [6, 6.07) is 0. The summed E-state index contributed by atoms with van der Waals surface area (Å²) in [4.78, 5) is 4.28. The molecule has 4 heteroatoms. The lowest BCUT2D eigenvalue weighted by molar-refractivity contribution is 0.138. The van der Waals surface area contributed by atoms with Gasteiger partial charge in [0.2, 0.25) is 5.89 Å². The predicted molar refractivity (Wildman–Crippen MR) is 55.4 cm³/mol. The Balaban J connectivity index is 1.86. The lowest BCUT2D eigenvalue weighted by atomic mass is 10.0. The van der Waals surface area contributed by atoms with E-state index in [1.807, 2.05) is 0 Å². The third-order valence-electron chi connectivity index (χ3n) is 2.58. The van der Waals surface area contributed by atoms with Gasteiger partial charge in [-0.05, 0) is 25.2 Å². The summed E-state index contributed by atoms with van der Waals surface area (Å²) in [7, 11) is 0. The van der Waals surface area contributed by atoms with Gasteiger partial charge in [-0.25, -0.2) is 0 Å². The van der Waals surface area contributed by atoms with Crippen molar-refractivity contribution in [3.8, 4) is 0 Å². The molecule has 0 radical (unpaired) electrons. The Morgan fingerprint density at radius 3 is 2.80 bits per heavy atom. The first-order chi connectivity index (χ1) is 7.15. The molecule has 0 bridgehead atoms. The molecule has 4 nitrogen and oxygen atoms in total. The molecule has 1 aliphatic carbocycles. The van der Waals surface area contributed by atoms with E-state index in [2.05, 4.69) is 24.0 Å². The Hall–Kier alpha value is -0.900. The van der Waals surface area contributed by atoms with Crippen LogP contribution in [0.3, 0.4) is 0 Å². The van der Waals surface area contributed by atoms with E-state index < -0.39 is 0 Å². The molecule has 0 amide bonds. The molecule has 1 heterocycles. The molecular weight excluding hydrogens is 192 g/mol. The Labute approximate surface area is 89.7 Å². The first-order valence-electron chi connectivity index (χ1n) is 5.65. The highest BCUT2D eigenvalue weighted by molar-refractivity contribution is 5.03. The highest BCUT2D eigenvalue weighted by Gasteiger charge is 2.29. The topological polar surface area (TPSA) is 59.2 Å². The molecular formula is C11H18N2O2. The van der Waals surface area contributed by atoms with Gasteiger partial charge >= 0.3 is 0 Å². The molecule has 2 rings (SSSR count). The maximum atomic E-state index is 9.71. The van der Waals surface area contributed by atoms with Crippen molar-refractivity contribution in [1.29, 1.82) is 0 Å². The summed E-state index contributed by atoms with van der Waals surface area (Å²) in [6.45, 7) is 4.18. The van der Waals surface area contributed by atoms with Gasteiger partial charge < -0.3 is 9.63 Å². The number of rotatable bonds is 5. The molecule has 0 saturated heterocycles. The summed E-state index contributed by atoms with van der Waals surface area (Å²) in [5.41, 5.74) is 0. The van der Waals surface area contributed by atoms with Crippen LogP contribution < -0.4 is 0 Å². The second-order valence-corrected chi connectivity index (χ2v) is 4.81. The van der Waals surface area contributed by atoms with Crippen LogP contribution in [-0.4, -0.2) is 21.4 Å². The maximum Gasteiger partial charge on any atom is 0.229 e. The molecule has 1 aromatic rings. The summed E-state index contributed by atoms with van der Waals surface area (Å²) < 4.78 is 5.10. The van der Waals surface area contributed by atoms with E-state index in [0.717, 1.165) is 12.2 Å². The lowest BCUT2D eigenvalue weighted by Gasteiger charge is -2.09. The van der Waals surface area contributed by atoms with E-state index >= 15 is 0 Å². The van der Waals surface area contributed by atoms with Crippen LogP contribution in [0.25, 0.3) is 0 Å². The molecule has 0 spiro atoms. The van der Waals surface area contributed by atoms with Crippen molar-refractivity contribution in [3.63, 3.8) is 0 Å². The monoisotopic (exact) mass is 210 g/mol. The van der Waals surface area contributed by atoms with E-state index in [0.29, 0.717) is 24.1 Å². The van der Waals surface area contributed by atoms with Crippen molar-refractivity contribution in [2.45, 2.75) is 51.6 Å². The van der Waals surface area contributed by atoms with Crippen LogP contribution in [0.15, 0.2) is 4.52 Å². The fourth-order valence-electron chi connectivity index (χ4n) is 1.69. The van der Waals surface area contributed by atoms with Gasteiger partial charge in [-0.2, -0.15) is 4.98 Å². The van der Waals surface area contributed by atoms with E-state index in [9.17, 15) is 5.11 Å². The van der Waals surface area contributed by atoms with Gasteiger partial charge in [0.25, 0.3) is 0 Å². The fraction of sp³-hybridized carbons (Fsp3) is 0.818. The molecule has 1 saturated carbocycles. The van der Waals surface area contributed by atoms with Crippen molar-refractivity contribution in [2.75, 3.05) is 0 Å². The minimum absolute atomic E-state index is 0.363. The average Bonchev–Trinajstić information content (AvgIpc) is 2.87. The van der Waals surface area contributed by atoms with Crippen LogP contribution in [0.1, 0.15) is 50.7 Å². The SMILES string of the molecule is CC(C)CC(O)Cc1nc(C2CC2)no1. The second-order valence-electron chi connectivity index (χ2n) is 4.81. The molecule has 0 aromatic carbocycles. The largest absolute Gasteiger partial charge is 0.393 e. The van der Waals surface area contributed by atoms with Crippen molar-refractivity contribution < 1.29 is 9.63 Å².